The summed E-state index contributed by atoms with van der Waals surface area (Å²) in [5.41, 5.74) is 1.13. The highest BCUT2D eigenvalue weighted by molar-refractivity contribution is 6.58. The Balaban J connectivity index is 2.31. The van der Waals surface area contributed by atoms with Crippen molar-refractivity contribution in [3.63, 3.8) is 0 Å². The first-order valence-electron chi connectivity index (χ1n) is 4.36. The molecule has 0 amide bonds. The fraction of sp³-hybridized carbons (Fsp3) is 0.125. The van der Waals surface area contributed by atoms with Crippen molar-refractivity contribution in [3.05, 3.63) is 30.6 Å². The highest BCUT2D eigenvalue weighted by Crippen LogP contribution is 1.99. The van der Waals surface area contributed by atoms with Crippen LogP contribution in [-0.2, 0) is 0 Å². The van der Waals surface area contributed by atoms with Gasteiger partial charge in [-0.25, -0.2) is 15.0 Å². The van der Waals surface area contributed by atoms with E-state index in [1.165, 1.54) is 12.4 Å². The Kier molecular flexibility index (Phi) is 2.48. The third-order valence-corrected chi connectivity index (χ3v) is 1.90. The van der Waals surface area contributed by atoms with Crippen molar-refractivity contribution in [2.45, 2.75) is 6.92 Å². The van der Waals surface area contributed by atoms with E-state index in [4.69, 9.17) is 10.0 Å². The topological polar surface area (TPSA) is 84.1 Å². The molecule has 76 valence electrons. The Labute approximate surface area is 86.4 Å². The lowest BCUT2D eigenvalue weighted by molar-refractivity contribution is 0.425. The van der Waals surface area contributed by atoms with Gasteiger partial charge in [0.2, 0.25) is 5.95 Å². The van der Waals surface area contributed by atoms with E-state index in [0.29, 0.717) is 5.95 Å². The monoisotopic (exact) mass is 204 g/mol. The summed E-state index contributed by atoms with van der Waals surface area (Å²) in [5, 5.41) is 17.7. The molecular formula is C8H9BN4O2. The Morgan fingerprint density at radius 1 is 1.20 bits per heavy atom. The summed E-state index contributed by atoms with van der Waals surface area (Å²) in [6.45, 7) is 1.86. The molecule has 7 heteroatoms. The van der Waals surface area contributed by atoms with Gasteiger partial charge in [-0.15, -0.1) is 0 Å². The fourth-order valence-electron chi connectivity index (χ4n) is 1.13. The Hall–Kier alpha value is -1.73. The average molecular weight is 204 g/mol. The molecule has 0 bridgehead atoms. The van der Waals surface area contributed by atoms with Gasteiger partial charge in [-0.3, -0.25) is 4.57 Å². The quantitative estimate of drug-likeness (QED) is 0.591. The Bertz CT molecular complexity index is 454. The predicted octanol–water partition coefficient (Wildman–Crippen LogP) is -1.35. The summed E-state index contributed by atoms with van der Waals surface area (Å²) >= 11 is 0. The third-order valence-electron chi connectivity index (χ3n) is 1.90. The zero-order valence-corrected chi connectivity index (χ0v) is 8.07. The van der Waals surface area contributed by atoms with Crippen LogP contribution in [0, 0.1) is 6.92 Å². The molecule has 0 aliphatic carbocycles. The normalized spacial score (nSPS) is 10.3. The van der Waals surface area contributed by atoms with E-state index in [0.717, 1.165) is 5.69 Å². The van der Waals surface area contributed by atoms with Crippen molar-refractivity contribution in [1.82, 2.24) is 19.5 Å². The summed E-state index contributed by atoms with van der Waals surface area (Å²) < 4.78 is 1.66. The van der Waals surface area contributed by atoms with Crippen molar-refractivity contribution in [2.75, 3.05) is 0 Å². The van der Waals surface area contributed by atoms with Crippen LogP contribution in [0.1, 0.15) is 5.69 Å². The minimum absolute atomic E-state index is 0.260. The van der Waals surface area contributed by atoms with Gasteiger partial charge in [0.05, 0.1) is 5.69 Å². The molecule has 0 saturated heterocycles. The highest BCUT2D eigenvalue weighted by atomic mass is 16.4. The molecular weight excluding hydrogens is 195 g/mol. The second-order valence-electron chi connectivity index (χ2n) is 3.11. The smallest absolute Gasteiger partial charge is 0.423 e. The maximum Gasteiger partial charge on any atom is 0.491 e. The molecule has 0 saturated carbocycles. The second kappa shape index (κ2) is 3.80. The van der Waals surface area contributed by atoms with Gasteiger partial charge in [-0.05, 0) is 6.92 Å². The Morgan fingerprint density at radius 3 is 2.33 bits per heavy atom. The summed E-state index contributed by atoms with van der Waals surface area (Å²) in [6.07, 6.45) is 6.11. The van der Waals surface area contributed by atoms with Crippen molar-refractivity contribution in [1.29, 1.82) is 0 Å². The van der Waals surface area contributed by atoms with Crippen molar-refractivity contribution < 1.29 is 10.0 Å². The molecule has 0 aliphatic heterocycles. The van der Waals surface area contributed by atoms with Gasteiger partial charge in [-0.2, -0.15) is 0 Å². The molecule has 0 fully saturated rings. The number of aromatic nitrogens is 4. The van der Waals surface area contributed by atoms with Crippen LogP contribution in [-0.4, -0.2) is 36.7 Å². The fourth-order valence-corrected chi connectivity index (χ4v) is 1.13. The average Bonchev–Trinajstić information content (AvgIpc) is 2.65. The first kappa shape index (κ1) is 9.82. The largest absolute Gasteiger partial charge is 0.491 e. The number of aryl methyl sites for hydroxylation is 1. The van der Waals surface area contributed by atoms with Crippen LogP contribution in [0.25, 0.3) is 5.95 Å². The number of nitrogens with zero attached hydrogens (tertiary/aromatic N) is 4. The van der Waals surface area contributed by atoms with Gasteiger partial charge in [0.15, 0.2) is 0 Å². The molecule has 0 spiro atoms. The lowest BCUT2D eigenvalue weighted by Gasteiger charge is -2.01. The lowest BCUT2D eigenvalue weighted by Crippen LogP contribution is -2.30. The minimum atomic E-state index is -1.54. The van der Waals surface area contributed by atoms with E-state index < -0.39 is 7.12 Å². The van der Waals surface area contributed by atoms with E-state index in [2.05, 4.69) is 15.0 Å². The van der Waals surface area contributed by atoms with E-state index in [-0.39, 0.29) is 5.46 Å². The Morgan fingerprint density at radius 2 is 1.87 bits per heavy atom. The molecule has 15 heavy (non-hydrogen) atoms. The van der Waals surface area contributed by atoms with Gasteiger partial charge >= 0.3 is 7.12 Å². The summed E-state index contributed by atoms with van der Waals surface area (Å²) in [6, 6.07) is 0. The van der Waals surface area contributed by atoms with Crippen LogP contribution < -0.4 is 5.46 Å². The maximum absolute atomic E-state index is 8.85. The summed E-state index contributed by atoms with van der Waals surface area (Å²) in [7, 11) is -1.54. The van der Waals surface area contributed by atoms with E-state index in [9.17, 15) is 0 Å². The van der Waals surface area contributed by atoms with Crippen molar-refractivity contribution >= 4 is 12.6 Å². The number of hydrogen-bond acceptors (Lipinski definition) is 5. The van der Waals surface area contributed by atoms with Crippen LogP contribution in [0.2, 0.25) is 0 Å². The molecule has 2 rings (SSSR count). The molecule has 6 nitrogen and oxygen atoms in total. The van der Waals surface area contributed by atoms with E-state index >= 15 is 0 Å². The van der Waals surface area contributed by atoms with Gasteiger partial charge in [-0.1, -0.05) is 0 Å². The summed E-state index contributed by atoms with van der Waals surface area (Å²) in [4.78, 5) is 12.0. The maximum atomic E-state index is 8.85. The lowest BCUT2D eigenvalue weighted by atomic mass is 9.83. The van der Waals surface area contributed by atoms with Crippen LogP contribution in [0.5, 0.6) is 0 Å². The van der Waals surface area contributed by atoms with Crippen LogP contribution in [0.15, 0.2) is 24.9 Å². The van der Waals surface area contributed by atoms with E-state index in [1.807, 2.05) is 6.92 Å². The molecule has 0 radical (unpaired) electrons. The van der Waals surface area contributed by atoms with Gasteiger partial charge < -0.3 is 10.0 Å². The second-order valence-corrected chi connectivity index (χ2v) is 3.11. The zero-order valence-electron chi connectivity index (χ0n) is 8.07. The number of hydrogen-bond donors (Lipinski definition) is 2. The first-order chi connectivity index (χ1) is 7.16. The van der Waals surface area contributed by atoms with Crippen LogP contribution in [0.4, 0.5) is 0 Å². The molecule has 2 heterocycles. The minimum Gasteiger partial charge on any atom is -0.423 e. The van der Waals surface area contributed by atoms with Gasteiger partial charge in [0.25, 0.3) is 0 Å². The van der Waals surface area contributed by atoms with Crippen LogP contribution in [0.3, 0.4) is 0 Å². The molecule has 0 aliphatic rings. The predicted molar refractivity (Wildman–Crippen MR) is 53.7 cm³/mol. The SMILES string of the molecule is Cc1cn(-c2ncc(B(O)O)cn2)cn1. The zero-order chi connectivity index (χ0) is 10.8. The first-order valence-corrected chi connectivity index (χ1v) is 4.36. The molecule has 0 atom stereocenters. The van der Waals surface area contributed by atoms with Gasteiger partial charge in [0, 0.05) is 24.1 Å². The summed E-state index contributed by atoms with van der Waals surface area (Å²) in [5.74, 6) is 0.444. The van der Waals surface area contributed by atoms with Gasteiger partial charge in [0.1, 0.15) is 6.33 Å². The molecule has 0 aromatic carbocycles. The van der Waals surface area contributed by atoms with E-state index in [1.54, 1.807) is 17.1 Å². The number of rotatable bonds is 2. The molecule has 2 aromatic rings. The standard InChI is InChI=1S/C8H9BN4O2/c1-6-4-13(5-12-6)8-10-2-7(3-11-8)9(14)15/h2-5,14-15H,1H3. The third kappa shape index (κ3) is 2.03. The number of imidazole rings is 1. The highest BCUT2D eigenvalue weighted by Gasteiger charge is 2.11. The molecule has 2 aromatic heterocycles. The van der Waals surface area contributed by atoms with Crippen molar-refractivity contribution in [3.8, 4) is 5.95 Å². The van der Waals surface area contributed by atoms with Crippen LogP contribution >= 0.6 is 0 Å². The molecule has 0 unspecified atom stereocenters. The van der Waals surface area contributed by atoms with Crippen molar-refractivity contribution in [2.24, 2.45) is 0 Å². The molecule has 2 N–H and O–H groups in total.